The lowest BCUT2D eigenvalue weighted by molar-refractivity contribution is 0.0922. The molecule has 4 heteroatoms. The number of amides is 1. The predicted octanol–water partition coefficient (Wildman–Crippen LogP) is 3.79. The van der Waals surface area contributed by atoms with E-state index in [1.807, 2.05) is 18.2 Å². The van der Waals surface area contributed by atoms with Crippen LogP contribution in [0, 0.1) is 5.41 Å². The Bertz CT molecular complexity index is 524. The van der Waals surface area contributed by atoms with Gasteiger partial charge in [0.1, 0.15) is 0 Å². The molecule has 3 nitrogen and oxygen atoms in total. The Kier molecular flexibility index (Phi) is 4.65. The lowest BCUT2D eigenvalue weighted by Gasteiger charge is -2.35. The molecule has 0 saturated heterocycles. The van der Waals surface area contributed by atoms with Gasteiger partial charge in [0.15, 0.2) is 0 Å². The number of hydrogen-bond donors (Lipinski definition) is 1. The first-order valence-electron chi connectivity index (χ1n) is 7.76. The number of halogens is 1. The van der Waals surface area contributed by atoms with Gasteiger partial charge in [0, 0.05) is 17.4 Å². The van der Waals surface area contributed by atoms with Crippen LogP contribution in [-0.2, 0) is 18.0 Å². The maximum absolute atomic E-state index is 12.4. The molecule has 1 amide bonds. The van der Waals surface area contributed by atoms with Gasteiger partial charge in [-0.1, -0.05) is 41.3 Å². The Morgan fingerprint density at radius 1 is 1.19 bits per heavy atom. The van der Waals surface area contributed by atoms with Crippen molar-refractivity contribution in [2.45, 2.75) is 45.3 Å². The molecule has 21 heavy (non-hydrogen) atoms. The van der Waals surface area contributed by atoms with E-state index in [1.165, 1.54) is 37.7 Å². The summed E-state index contributed by atoms with van der Waals surface area (Å²) >= 11 is 3.65. The molecule has 0 atom stereocenters. The second-order valence-electron chi connectivity index (χ2n) is 6.35. The van der Waals surface area contributed by atoms with Crippen molar-refractivity contribution < 1.29 is 9.53 Å². The highest BCUT2D eigenvalue weighted by atomic mass is 79.9. The van der Waals surface area contributed by atoms with Crippen molar-refractivity contribution in [3.8, 4) is 0 Å². The molecule has 1 heterocycles. The molecule has 0 bridgehead atoms. The van der Waals surface area contributed by atoms with E-state index >= 15 is 0 Å². The largest absolute Gasteiger partial charge is 0.372 e. The molecule has 1 fully saturated rings. The number of carbonyl (C=O) groups excluding carboxylic acids is 1. The SMILES string of the molecule is O=C(NCC1(CBr)CCCCC1)c1ccc2c(c1)COC2. The highest BCUT2D eigenvalue weighted by Gasteiger charge is 2.31. The average molecular weight is 352 g/mol. The monoisotopic (exact) mass is 351 g/mol. The summed E-state index contributed by atoms with van der Waals surface area (Å²) in [5.74, 6) is 0.0376. The molecule has 0 spiro atoms. The van der Waals surface area contributed by atoms with Crippen LogP contribution in [0.1, 0.15) is 53.6 Å². The standard InChI is InChI=1S/C17H22BrNO2/c18-11-17(6-2-1-3-7-17)12-19-16(20)13-4-5-14-9-21-10-15(14)8-13/h4-5,8H,1-3,6-7,9-12H2,(H,19,20). The molecule has 3 rings (SSSR count). The number of hydrogen-bond acceptors (Lipinski definition) is 2. The van der Waals surface area contributed by atoms with Crippen LogP contribution in [-0.4, -0.2) is 17.8 Å². The third-order valence-electron chi connectivity index (χ3n) is 4.81. The Morgan fingerprint density at radius 3 is 2.71 bits per heavy atom. The van der Waals surface area contributed by atoms with Crippen molar-refractivity contribution >= 4 is 21.8 Å². The number of carbonyl (C=O) groups is 1. The summed E-state index contributed by atoms with van der Waals surface area (Å²) in [5.41, 5.74) is 3.35. The van der Waals surface area contributed by atoms with Gasteiger partial charge in [-0.25, -0.2) is 0 Å². The number of fused-ring (bicyclic) bond motifs is 1. The zero-order valence-electron chi connectivity index (χ0n) is 12.3. The first-order valence-corrected chi connectivity index (χ1v) is 8.88. The van der Waals surface area contributed by atoms with Crippen LogP contribution in [0.2, 0.25) is 0 Å². The fourth-order valence-electron chi connectivity index (χ4n) is 3.34. The van der Waals surface area contributed by atoms with Gasteiger partial charge in [-0.15, -0.1) is 0 Å². The molecule has 0 aromatic heterocycles. The van der Waals surface area contributed by atoms with E-state index in [0.717, 1.165) is 23.0 Å². The normalized spacial score (nSPS) is 20.0. The molecule has 2 aliphatic rings. The minimum Gasteiger partial charge on any atom is -0.372 e. The fraction of sp³-hybridized carbons (Fsp3) is 0.588. The van der Waals surface area contributed by atoms with Crippen LogP contribution in [0.15, 0.2) is 18.2 Å². The molecule has 114 valence electrons. The molecule has 1 aliphatic heterocycles. The van der Waals surface area contributed by atoms with E-state index in [1.54, 1.807) is 0 Å². The van der Waals surface area contributed by atoms with Crippen molar-refractivity contribution in [3.05, 3.63) is 34.9 Å². The molecule has 1 aromatic rings. The van der Waals surface area contributed by atoms with Crippen molar-refractivity contribution in [2.75, 3.05) is 11.9 Å². The summed E-state index contributed by atoms with van der Waals surface area (Å²) < 4.78 is 5.40. The summed E-state index contributed by atoms with van der Waals surface area (Å²) in [6.45, 7) is 2.07. The number of ether oxygens (including phenoxy) is 1. The van der Waals surface area contributed by atoms with Crippen molar-refractivity contribution in [2.24, 2.45) is 5.41 Å². The lowest BCUT2D eigenvalue weighted by Crippen LogP contribution is -2.40. The third-order valence-corrected chi connectivity index (χ3v) is 5.99. The topological polar surface area (TPSA) is 38.3 Å². The van der Waals surface area contributed by atoms with Crippen LogP contribution >= 0.6 is 15.9 Å². The number of nitrogens with one attached hydrogen (secondary N) is 1. The number of rotatable bonds is 4. The minimum atomic E-state index is 0.0376. The highest BCUT2D eigenvalue weighted by Crippen LogP contribution is 2.37. The molecular weight excluding hydrogens is 330 g/mol. The van der Waals surface area contributed by atoms with Crippen LogP contribution in [0.25, 0.3) is 0 Å². The van der Waals surface area contributed by atoms with E-state index < -0.39 is 0 Å². The predicted molar refractivity (Wildman–Crippen MR) is 86.6 cm³/mol. The molecular formula is C17H22BrNO2. The van der Waals surface area contributed by atoms with Gasteiger partial charge in [0.2, 0.25) is 0 Å². The summed E-state index contributed by atoms with van der Waals surface area (Å²) in [4.78, 5) is 12.4. The molecule has 1 saturated carbocycles. The molecule has 1 N–H and O–H groups in total. The van der Waals surface area contributed by atoms with E-state index in [9.17, 15) is 4.79 Å². The molecule has 0 radical (unpaired) electrons. The smallest absolute Gasteiger partial charge is 0.251 e. The summed E-state index contributed by atoms with van der Waals surface area (Å²) in [6.07, 6.45) is 6.29. The van der Waals surface area contributed by atoms with Crippen molar-refractivity contribution in [1.82, 2.24) is 5.32 Å². The highest BCUT2D eigenvalue weighted by molar-refractivity contribution is 9.09. The van der Waals surface area contributed by atoms with Crippen molar-refractivity contribution in [1.29, 1.82) is 0 Å². The van der Waals surface area contributed by atoms with E-state index in [-0.39, 0.29) is 11.3 Å². The van der Waals surface area contributed by atoms with E-state index in [4.69, 9.17) is 4.74 Å². The summed E-state index contributed by atoms with van der Waals surface area (Å²) in [7, 11) is 0. The third kappa shape index (κ3) is 3.32. The fourth-order valence-corrected chi connectivity index (χ4v) is 4.10. The summed E-state index contributed by atoms with van der Waals surface area (Å²) in [5, 5.41) is 4.11. The van der Waals surface area contributed by atoms with Crippen LogP contribution in [0.4, 0.5) is 0 Å². The quantitative estimate of drug-likeness (QED) is 0.838. The van der Waals surface area contributed by atoms with Gasteiger partial charge in [-0.3, -0.25) is 4.79 Å². The average Bonchev–Trinajstić information content (AvgIpc) is 3.01. The summed E-state index contributed by atoms with van der Waals surface area (Å²) in [6, 6.07) is 5.89. The first-order chi connectivity index (χ1) is 10.2. The second-order valence-corrected chi connectivity index (χ2v) is 6.91. The van der Waals surface area contributed by atoms with Crippen LogP contribution in [0.5, 0.6) is 0 Å². The van der Waals surface area contributed by atoms with Gasteiger partial charge in [-0.2, -0.15) is 0 Å². The molecule has 1 aromatic carbocycles. The van der Waals surface area contributed by atoms with Crippen LogP contribution < -0.4 is 5.32 Å². The zero-order valence-corrected chi connectivity index (χ0v) is 13.9. The van der Waals surface area contributed by atoms with Gasteiger partial charge >= 0.3 is 0 Å². The molecule has 0 unspecified atom stereocenters. The van der Waals surface area contributed by atoms with E-state index in [2.05, 4.69) is 21.2 Å². The van der Waals surface area contributed by atoms with Gasteiger partial charge < -0.3 is 10.1 Å². The Labute approximate surface area is 134 Å². The molecule has 1 aliphatic carbocycles. The van der Waals surface area contributed by atoms with Crippen LogP contribution in [0.3, 0.4) is 0 Å². The Hall–Kier alpha value is -0.870. The minimum absolute atomic E-state index is 0.0376. The zero-order chi connectivity index (χ0) is 14.7. The first kappa shape index (κ1) is 15.0. The Morgan fingerprint density at radius 2 is 1.95 bits per heavy atom. The maximum atomic E-state index is 12.4. The van der Waals surface area contributed by atoms with E-state index in [0.29, 0.717) is 13.2 Å². The second kappa shape index (κ2) is 6.49. The maximum Gasteiger partial charge on any atom is 0.251 e. The van der Waals surface area contributed by atoms with Gasteiger partial charge in [0.05, 0.1) is 13.2 Å². The Balaban J connectivity index is 1.63. The number of benzene rings is 1. The van der Waals surface area contributed by atoms with Gasteiger partial charge in [-0.05, 0) is 41.5 Å². The van der Waals surface area contributed by atoms with Crippen molar-refractivity contribution in [3.63, 3.8) is 0 Å². The lowest BCUT2D eigenvalue weighted by atomic mass is 9.75. The van der Waals surface area contributed by atoms with Gasteiger partial charge in [0.25, 0.3) is 5.91 Å². The number of alkyl halides is 1.